The van der Waals surface area contributed by atoms with Crippen molar-refractivity contribution in [1.82, 2.24) is 0 Å². The van der Waals surface area contributed by atoms with Crippen LogP contribution in [0.4, 0.5) is 0 Å². The highest BCUT2D eigenvalue weighted by Gasteiger charge is 2.53. The van der Waals surface area contributed by atoms with E-state index in [4.69, 9.17) is 9.47 Å². The van der Waals surface area contributed by atoms with E-state index in [1.165, 1.54) is 0 Å². The van der Waals surface area contributed by atoms with E-state index in [2.05, 4.69) is 0 Å². The van der Waals surface area contributed by atoms with Gasteiger partial charge < -0.3 is 9.47 Å². The third kappa shape index (κ3) is 2.70. The molecule has 1 aliphatic heterocycles. The number of ketones is 1. The Morgan fingerprint density at radius 1 is 1.12 bits per heavy atom. The predicted molar refractivity (Wildman–Crippen MR) is 97.7 cm³/mol. The molecule has 1 unspecified atom stereocenters. The Balaban J connectivity index is 1.69. The highest BCUT2D eigenvalue weighted by molar-refractivity contribution is 5.97. The molecule has 1 atom stereocenters. The van der Waals surface area contributed by atoms with Crippen LogP contribution in [0.1, 0.15) is 53.9 Å². The molecule has 1 spiro atoms. The van der Waals surface area contributed by atoms with Gasteiger partial charge in [-0.15, -0.1) is 0 Å². The van der Waals surface area contributed by atoms with Crippen LogP contribution in [0.5, 0.6) is 11.5 Å². The number of benzene rings is 2. The minimum atomic E-state index is -0.559. The van der Waals surface area contributed by atoms with E-state index in [0.29, 0.717) is 17.7 Å². The lowest BCUT2D eigenvalue weighted by molar-refractivity contribution is -0.149. The number of hydrogen-bond donors (Lipinski definition) is 0. The second kappa shape index (κ2) is 6.60. The van der Waals surface area contributed by atoms with Gasteiger partial charge in [0.15, 0.2) is 5.78 Å². The molecule has 0 saturated heterocycles. The SMILES string of the molecule is COc1ccc(C(=O)CC2c3ccccc3OC(=O)C23CCCC3)cc1. The number of Topliss-reactive ketones (excluding diaryl/α,β-unsaturated/α-hetero) is 1. The first-order chi connectivity index (χ1) is 12.6. The summed E-state index contributed by atoms with van der Waals surface area (Å²) >= 11 is 0. The lowest BCUT2D eigenvalue weighted by Crippen LogP contribution is -2.42. The van der Waals surface area contributed by atoms with Crippen molar-refractivity contribution in [3.8, 4) is 11.5 Å². The zero-order chi connectivity index (χ0) is 18.1. The van der Waals surface area contributed by atoms with Gasteiger partial charge in [-0.1, -0.05) is 31.0 Å². The number of methoxy groups -OCH3 is 1. The third-order valence-electron chi connectivity index (χ3n) is 5.87. The molecule has 0 radical (unpaired) electrons. The summed E-state index contributed by atoms with van der Waals surface area (Å²) < 4.78 is 10.8. The third-order valence-corrected chi connectivity index (χ3v) is 5.87. The van der Waals surface area contributed by atoms with Gasteiger partial charge in [0.2, 0.25) is 0 Å². The first kappa shape index (κ1) is 16.8. The number of fused-ring (bicyclic) bond motifs is 1. The average Bonchev–Trinajstić information content (AvgIpc) is 3.16. The number of esters is 1. The predicted octanol–water partition coefficient (Wildman–Crippen LogP) is 4.53. The van der Waals surface area contributed by atoms with Crippen LogP contribution in [0.15, 0.2) is 48.5 Å². The minimum Gasteiger partial charge on any atom is -0.497 e. The Morgan fingerprint density at radius 2 is 1.81 bits per heavy atom. The lowest BCUT2D eigenvalue weighted by atomic mass is 9.67. The van der Waals surface area contributed by atoms with E-state index in [1.807, 2.05) is 24.3 Å². The summed E-state index contributed by atoms with van der Waals surface area (Å²) in [5, 5.41) is 0. The lowest BCUT2D eigenvalue weighted by Gasteiger charge is -2.40. The Bertz CT molecular complexity index is 831. The van der Waals surface area contributed by atoms with Gasteiger partial charge in [0.05, 0.1) is 12.5 Å². The van der Waals surface area contributed by atoms with Crippen LogP contribution in [0.25, 0.3) is 0 Å². The summed E-state index contributed by atoms with van der Waals surface area (Å²) in [5.74, 6) is 1.08. The van der Waals surface area contributed by atoms with Crippen molar-refractivity contribution in [3.63, 3.8) is 0 Å². The van der Waals surface area contributed by atoms with E-state index in [9.17, 15) is 9.59 Å². The maximum absolute atomic E-state index is 13.0. The first-order valence-electron chi connectivity index (χ1n) is 9.12. The molecule has 4 rings (SSSR count). The van der Waals surface area contributed by atoms with Crippen LogP contribution in [0, 0.1) is 5.41 Å². The second-order valence-corrected chi connectivity index (χ2v) is 7.20. The van der Waals surface area contributed by atoms with Crippen LogP contribution in [0.2, 0.25) is 0 Å². The molecule has 1 saturated carbocycles. The number of ether oxygens (including phenoxy) is 2. The van der Waals surface area contributed by atoms with Gasteiger partial charge in [0.25, 0.3) is 0 Å². The summed E-state index contributed by atoms with van der Waals surface area (Å²) in [6.45, 7) is 0. The van der Waals surface area contributed by atoms with Gasteiger partial charge in [0, 0.05) is 17.9 Å². The van der Waals surface area contributed by atoms with Crippen LogP contribution < -0.4 is 9.47 Å². The fourth-order valence-corrected chi connectivity index (χ4v) is 4.45. The Kier molecular flexibility index (Phi) is 4.27. The smallest absolute Gasteiger partial charge is 0.318 e. The normalized spacial score (nSPS) is 20.5. The van der Waals surface area contributed by atoms with Crippen molar-refractivity contribution in [2.24, 2.45) is 5.41 Å². The molecule has 2 aliphatic rings. The van der Waals surface area contributed by atoms with Gasteiger partial charge in [0.1, 0.15) is 11.5 Å². The van der Waals surface area contributed by atoms with Crippen LogP contribution in [0.3, 0.4) is 0 Å². The largest absolute Gasteiger partial charge is 0.497 e. The van der Waals surface area contributed by atoms with Crippen LogP contribution in [-0.4, -0.2) is 18.9 Å². The molecule has 1 aliphatic carbocycles. The second-order valence-electron chi connectivity index (χ2n) is 7.20. The average molecular weight is 350 g/mol. The summed E-state index contributed by atoms with van der Waals surface area (Å²) in [7, 11) is 1.60. The molecule has 2 aromatic carbocycles. The van der Waals surface area contributed by atoms with Gasteiger partial charge in [-0.25, -0.2) is 0 Å². The summed E-state index contributed by atoms with van der Waals surface area (Å²) in [6.07, 6.45) is 3.91. The topological polar surface area (TPSA) is 52.6 Å². The van der Waals surface area contributed by atoms with Gasteiger partial charge >= 0.3 is 5.97 Å². The molecule has 26 heavy (non-hydrogen) atoms. The van der Waals surface area contributed by atoms with Gasteiger partial charge in [-0.05, 0) is 48.7 Å². The van der Waals surface area contributed by atoms with Crippen molar-refractivity contribution in [3.05, 3.63) is 59.7 Å². The molecular weight excluding hydrogens is 328 g/mol. The number of hydrogen-bond acceptors (Lipinski definition) is 4. The van der Waals surface area contributed by atoms with E-state index >= 15 is 0 Å². The Labute approximate surface area is 153 Å². The van der Waals surface area contributed by atoms with E-state index in [-0.39, 0.29) is 17.7 Å². The quantitative estimate of drug-likeness (QED) is 0.462. The summed E-state index contributed by atoms with van der Waals surface area (Å²) in [6, 6.07) is 14.8. The number of rotatable bonds is 4. The first-order valence-corrected chi connectivity index (χ1v) is 9.12. The molecule has 0 N–H and O–H groups in total. The number of carbonyl (C=O) groups excluding carboxylic acids is 2. The summed E-state index contributed by atoms with van der Waals surface area (Å²) in [4.78, 5) is 25.8. The maximum atomic E-state index is 13.0. The zero-order valence-corrected chi connectivity index (χ0v) is 14.9. The van der Waals surface area contributed by atoms with Gasteiger partial charge in [-0.2, -0.15) is 0 Å². The molecule has 0 bridgehead atoms. The molecule has 0 amide bonds. The zero-order valence-electron chi connectivity index (χ0n) is 14.9. The number of carbonyl (C=O) groups is 2. The van der Waals surface area contributed by atoms with E-state index in [0.717, 1.165) is 37.0 Å². The fourth-order valence-electron chi connectivity index (χ4n) is 4.45. The van der Waals surface area contributed by atoms with Crippen molar-refractivity contribution in [1.29, 1.82) is 0 Å². The highest BCUT2D eigenvalue weighted by Crippen LogP contribution is 2.55. The van der Waals surface area contributed by atoms with E-state index in [1.54, 1.807) is 31.4 Å². The molecular formula is C22H22O4. The minimum absolute atomic E-state index is 0.0495. The Hall–Kier alpha value is -2.62. The molecule has 1 heterocycles. The highest BCUT2D eigenvalue weighted by atomic mass is 16.5. The standard InChI is InChI=1S/C22H22O4/c1-25-16-10-8-15(9-11-16)19(23)14-18-17-6-2-3-7-20(17)26-21(24)22(18)12-4-5-13-22/h2-3,6-11,18H,4-5,12-14H2,1H3. The fraction of sp³-hybridized carbons (Fsp3) is 0.364. The van der Waals surface area contributed by atoms with Crippen molar-refractivity contribution in [2.45, 2.75) is 38.0 Å². The van der Waals surface area contributed by atoms with Crippen LogP contribution in [-0.2, 0) is 4.79 Å². The monoisotopic (exact) mass is 350 g/mol. The van der Waals surface area contributed by atoms with Gasteiger partial charge in [-0.3, -0.25) is 9.59 Å². The van der Waals surface area contributed by atoms with E-state index < -0.39 is 5.41 Å². The van der Waals surface area contributed by atoms with Crippen molar-refractivity contribution < 1.29 is 19.1 Å². The van der Waals surface area contributed by atoms with Crippen molar-refractivity contribution in [2.75, 3.05) is 7.11 Å². The molecule has 1 fully saturated rings. The molecule has 4 heteroatoms. The number of para-hydroxylation sites is 1. The van der Waals surface area contributed by atoms with Crippen LogP contribution >= 0.6 is 0 Å². The molecule has 0 aromatic heterocycles. The van der Waals surface area contributed by atoms with Crippen molar-refractivity contribution >= 4 is 11.8 Å². The maximum Gasteiger partial charge on any atom is 0.318 e. The molecule has 4 nitrogen and oxygen atoms in total. The molecule has 134 valence electrons. The summed E-state index contributed by atoms with van der Waals surface area (Å²) in [5.41, 5.74) is 1.07. The molecule has 2 aromatic rings. The Morgan fingerprint density at radius 3 is 2.50 bits per heavy atom.